The van der Waals surface area contributed by atoms with Gasteiger partial charge in [-0.2, -0.15) is 0 Å². The van der Waals surface area contributed by atoms with Crippen LogP contribution in [0.25, 0.3) is 0 Å². The summed E-state index contributed by atoms with van der Waals surface area (Å²) in [5.74, 6) is 0. The van der Waals surface area contributed by atoms with Crippen molar-refractivity contribution >= 4 is 8.07 Å². The van der Waals surface area contributed by atoms with Crippen molar-refractivity contribution in [2.24, 2.45) is 0 Å². The van der Waals surface area contributed by atoms with Crippen LogP contribution in [-0.4, -0.2) is 21.2 Å². The van der Waals surface area contributed by atoms with Gasteiger partial charge in [-0.05, 0) is 25.9 Å². The number of rotatable bonds is 6. The summed E-state index contributed by atoms with van der Waals surface area (Å²) in [5, 5.41) is 3.39. The van der Waals surface area contributed by atoms with Crippen molar-refractivity contribution in [3.05, 3.63) is 11.8 Å². The van der Waals surface area contributed by atoms with E-state index < -0.39 is 8.07 Å². The Hall–Kier alpha value is -0.0831. The first-order chi connectivity index (χ1) is 5.56. The average Bonchev–Trinajstić information content (AvgIpc) is 1.94. The zero-order chi connectivity index (χ0) is 9.45. The van der Waals surface area contributed by atoms with E-state index in [0.717, 1.165) is 13.1 Å². The highest BCUT2D eigenvalue weighted by molar-refractivity contribution is 6.80. The van der Waals surface area contributed by atoms with Crippen LogP contribution >= 0.6 is 0 Å². The molecule has 0 aliphatic rings. The van der Waals surface area contributed by atoms with Gasteiger partial charge in [0.05, 0.1) is 8.07 Å². The van der Waals surface area contributed by atoms with E-state index in [0.29, 0.717) is 0 Å². The second kappa shape index (κ2) is 6.43. The first-order valence-corrected chi connectivity index (χ1v) is 8.52. The number of hydrogen-bond donors (Lipinski definition) is 1. The van der Waals surface area contributed by atoms with Gasteiger partial charge in [-0.25, -0.2) is 0 Å². The molecule has 1 N–H and O–H groups in total. The fourth-order valence-corrected chi connectivity index (χ4v) is 1.80. The van der Waals surface area contributed by atoms with E-state index in [1.165, 1.54) is 12.8 Å². The highest BCUT2D eigenvalue weighted by atomic mass is 28.3. The van der Waals surface area contributed by atoms with E-state index in [2.05, 4.69) is 43.7 Å². The van der Waals surface area contributed by atoms with Gasteiger partial charge in [-0.15, -0.1) is 0 Å². The molecule has 72 valence electrons. The molecule has 0 amide bonds. The van der Waals surface area contributed by atoms with Gasteiger partial charge in [0.15, 0.2) is 0 Å². The Morgan fingerprint density at radius 2 is 1.83 bits per heavy atom. The van der Waals surface area contributed by atoms with Gasteiger partial charge < -0.3 is 5.32 Å². The summed E-state index contributed by atoms with van der Waals surface area (Å²) in [4.78, 5) is 0. The van der Waals surface area contributed by atoms with Crippen LogP contribution in [0.5, 0.6) is 0 Å². The van der Waals surface area contributed by atoms with Crippen LogP contribution in [0.4, 0.5) is 0 Å². The molecule has 0 aromatic heterocycles. The van der Waals surface area contributed by atoms with Crippen molar-refractivity contribution in [1.29, 1.82) is 0 Å². The molecule has 0 unspecified atom stereocenters. The maximum Gasteiger partial charge on any atom is 0.0682 e. The third-order valence-electron chi connectivity index (χ3n) is 1.53. The van der Waals surface area contributed by atoms with Crippen LogP contribution in [0, 0.1) is 0 Å². The molecule has 0 aliphatic carbocycles. The molecule has 1 nitrogen and oxygen atoms in total. The SMILES string of the molecule is CCCNCC/C=C\[Si](C)(C)C. The van der Waals surface area contributed by atoms with E-state index in [-0.39, 0.29) is 0 Å². The molecule has 0 aromatic carbocycles. The normalized spacial score (nSPS) is 12.7. The lowest BCUT2D eigenvalue weighted by Crippen LogP contribution is -2.17. The van der Waals surface area contributed by atoms with E-state index in [9.17, 15) is 0 Å². The topological polar surface area (TPSA) is 12.0 Å². The number of hydrogen-bond acceptors (Lipinski definition) is 1. The quantitative estimate of drug-likeness (QED) is 0.496. The van der Waals surface area contributed by atoms with Crippen LogP contribution < -0.4 is 5.32 Å². The smallest absolute Gasteiger partial charge is 0.0682 e. The summed E-state index contributed by atoms with van der Waals surface area (Å²) >= 11 is 0. The third kappa shape index (κ3) is 9.92. The Morgan fingerprint density at radius 1 is 1.17 bits per heavy atom. The van der Waals surface area contributed by atoms with Crippen LogP contribution in [-0.2, 0) is 0 Å². The molecule has 0 aromatic rings. The Balaban J connectivity index is 3.25. The van der Waals surface area contributed by atoms with Crippen LogP contribution in [0.1, 0.15) is 19.8 Å². The summed E-state index contributed by atoms with van der Waals surface area (Å²) < 4.78 is 0. The van der Waals surface area contributed by atoms with Crippen LogP contribution in [0.3, 0.4) is 0 Å². The van der Waals surface area contributed by atoms with E-state index >= 15 is 0 Å². The van der Waals surface area contributed by atoms with Crippen molar-refractivity contribution in [2.45, 2.75) is 39.4 Å². The summed E-state index contributed by atoms with van der Waals surface area (Å²) in [6, 6.07) is 0. The summed E-state index contributed by atoms with van der Waals surface area (Å²) in [6.07, 6.45) is 4.75. The van der Waals surface area contributed by atoms with Gasteiger partial charge in [0.2, 0.25) is 0 Å². The standard InChI is InChI=1S/C10H23NSi/c1-5-8-11-9-6-7-10-12(2,3)4/h7,10-11H,5-6,8-9H2,1-4H3/b10-7-. The Bertz CT molecular complexity index is 124. The molecule has 0 fully saturated rings. The molecule has 0 saturated carbocycles. The minimum absolute atomic E-state index is 0.934. The van der Waals surface area contributed by atoms with Crippen molar-refractivity contribution < 1.29 is 0 Å². The highest BCUT2D eigenvalue weighted by Gasteiger charge is 2.05. The van der Waals surface area contributed by atoms with Gasteiger partial charge in [-0.1, -0.05) is 38.3 Å². The molecule has 0 radical (unpaired) electrons. The molecule has 0 saturated heterocycles. The molecule has 0 bridgehead atoms. The van der Waals surface area contributed by atoms with Gasteiger partial charge >= 0.3 is 0 Å². The third-order valence-corrected chi connectivity index (χ3v) is 2.77. The molecule has 0 heterocycles. The van der Waals surface area contributed by atoms with Crippen molar-refractivity contribution in [3.63, 3.8) is 0 Å². The van der Waals surface area contributed by atoms with Gasteiger partial charge in [0, 0.05) is 0 Å². The van der Waals surface area contributed by atoms with Crippen molar-refractivity contribution in [2.75, 3.05) is 13.1 Å². The second-order valence-corrected chi connectivity index (χ2v) is 9.37. The highest BCUT2D eigenvalue weighted by Crippen LogP contribution is 2.01. The van der Waals surface area contributed by atoms with Crippen molar-refractivity contribution in [1.82, 2.24) is 5.32 Å². The number of nitrogens with one attached hydrogen (secondary N) is 1. The largest absolute Gasteiger partial charge is 0.316 e. The van der Waals surface area contributed by atoms with Crippen LogP contribution in [0.15, 0.2) is 11.8 Å². The Labute approximate surface area is 78.3 Å². The maximum absolute atomic E-state index is 3.39. The minimum Gasteiger partial charge on any atom is -0.316 e. The van der Waals surface area contributed by atoms with E-state index in [1.54, 1.807) is 0 Å². The first kappa shape index (κ1) is 11.9. The predicted octanol–water partition coefficient (Wildman–Crippen LogP) is 2.81. The first-order valence-electron chi connectivity index (χ1n) is 4.94. The fourth-order valence-electron chi connectivity index (χ4n) is 0.924. The predicted molar refractivity (Wildman–Crippen MR) is 60.3 cm³/mol. The summed E-state index contributed by atoms with van der Waals surface area (Å²) in [6.45, 7) is 11.6. The molecular weight excluding hydrogens is 162 g/mol. The Kier molecular flexibility index (Phi) is 6.39. The zero-order valence-electron chi connectivity index (χ0n) is 8.98. The summed E-state index contributed by atoms with van der Waals surface area (Å²) in [7, 11) is -0.934. The maximum atomic E-state index is 3.39. The van der Waals surface area contributed by atoms with Gasteiger partial charge in [0.1, 0.15) is 0 Å². The van der Waals surface area contributed by atoms with E-state index in [1.807, 2.05) is 0 Å². The zero-order valence-corrected chi connectivity index (χ0v) is 9.98. The summed E-state index contributed by atoms with van der Waals surface area (Å²) in [5.41, 5.74) is 2.42. The van der Waals surface area contributed by atoms with Gasteiger partial charge in [-0.3, -0.25) is 0 Å². The lowest BCUT2D eigenvalue weighted by atomic mass is 10.4. The van der Waals surface area contributed by atoms with Crippen LogP contribution in [0.2, 0.25) is 19.6 Å². The Morgan fingerprint density at radius 3 is 2.33 bits per heavy atom. The molecule has 0 rings (SSSR count). The fraction of sp³-hybridized carbons (Fsp3) is 0.800. The molecule has 2 heteroatoms. The minimum atomic E-state index is -0.934. The molecule has 12 heavy (non-hydrogen) atoms. The lowest BCUT2D eigenvalue weighted by molar-refractivity contribution is 0.678. The molecule has 0 atom stereocenters. The molecule has 0 spiro atoms. The van der Waals surface area contributed by atoms with Gasteiger partial charge in [0.25, 0.3) is 0 Å². The monoisotopic (exact) mass is 185 g/mol. The molecular formula is C10H23NSi. The second-order valence-electron chi connectivity index (χ2n) is 4.31. The molecule has 0 aliphatic heterocycles. The lowest BCUT2D eigenvalue weighted by Gasteiger charge is -2.07. The average molecular weight is 185 g/mol. The van der Waals surface area contributed by atoms with E-state index in [4.69, 9.17) is 0 Å². The van der Waals surface area contributed by atoms with Crippen molar-refractivity contribution in [3.8, 4) is 0 Å².